The minimum Gasteiger partial charge on any atom is -0.324 e. The lowest BCUT2D eigenvalue weighted by Crippen LogP contribution is -2.34. The molecule has 128 valence electrons. The van der Waals surface area contributed by atoms with E-state index in [2.05, 4.69) is 34.2 Å². The summed E-state index contributed by atoms with van der Waals surface area (Å²) in [6.07, 6.45) is 4.41. The molecular weight excluding hydrogens is 322 g/mol. The maximum atomic E-state index is 12.3. The third-order valence-electron chi connectivity index (χ3n) is 4.31. The Bertz CT molecular complexity index is 675. The second kappa shape index (κ2) is 7.72. The standard InChI is InChI=1S/C17H23N5OS/c1-13-16(24-12-19-13)11-21(2)9-14-5-7-22(10-14)17(23)20-15-4-3-6-18-8-15/h3-4,6,8,12,14H,5,7,9-11H2,1-2H3,(H,20,23)/t14-/m0/s1. The molecule has 3 rings (SSSR count). The van der Waals surface area contributed by atoms with E-state index >= 15 is 0 Å². The molecular formula is C17H23N5OS. The molecule has 1 atom stereocenters. The van der Waals surface area contributed by atoms with Gasteiger partial charge in [-0.2, -0.15) is 0 Å². The quantitative estimate of drug-likeness (QED) is 0.905. The molecule has 0 saturated carbocycles. The van der Waals surface area contributed by atoms with Gasteiger partial charge in [-0.05, 0) is 38.4 Å². The van der Waals surface area contributed by atoms with Crippen LogP contribution in [0.2, 0.25) is 0 Å². The summed E-state index contributed by atoms with van der Waals surface area (Å²) in [6, 6.07) is 3.63. The highest BCUT2D eigenvalue weighted by Gasteiger charge is 2.27. The van der Waals surface area contributed by atoms with Crippen molar-refractivity contribution < 1.29 is 4.79 Å². The van der Waals surface area contributed by atoms with Crippen LogP contribution in [0.3, 0.4) is 0 Å². The number of amides is 2. The molecule has 0 unspecified atom stereocenters. The molecule has 24 heavy (non-hydrogen) atoms. The van der Waals surface area contributed by atoms with Gasteiger partial charge in [0.15, 0.2) is 0 Å². The lowest BCUT2D eigenvalue weighted by Gasteiger charge is -2.21. The molecule has 2 aromatic rings. The Morgan fingerprint density at radius 2 is 2.42 bits per heavy atom. The van der Waals surface area contributed by atoms with Crippen LogP contribution in [-0.4, -0.2) is 52.5 Å². The van der Waals surface area contributed by atoms with E-state index in [4.69, 9.17) is 0 Å². The summed E-state index contributed by atoms with van der Waals surface area (Å²) in [4.78, 5) is 26.2. The number of thiazole rings is 1. The normalized spacial score (nSPS) is 17.5. The van der Waals surface area contributed by atoms with Crippen molar-refractivity contribution in [1.82, 2.24) is 19.8 Å². The second-order valence-electron chi connectivity index (χ2n) is 6.33. The number of hydrogen-bond acceptors (Lipinski definition) is 5. The first-order chi connectivity index (χ1) is 11.6. The van der Waals surface area contributed by atoms with E-state index in [1.165, 1.54) is 4.88 Å². The number of anilines is 1. The highest BCUT2D eigenvalue weighted by atomic mass is 32.1. The number of carbonyl (C=O) groups is 1. The highest BCUT2D eigenvalue weighted by Crippen LogP contribution is 2.20. The van der Waals surface area contributed by atoms with Crippen molar-refractivity contribution in [2.24, 2.45) is 5.92 Å². The molecule has 0 spiro atoms. The number of hydrogen-bond donors (Lipinski definition) is 1. The second-order valence-corrected chi connectivity index (χ2v) is 7.27. The number of nitrogens with zero attached hydrogens (tertiary/aromatic N) is 4. The van der Waals surface area contributed by atoms with Gasteiger partial charge in [0.05, 0.1) is 23.1 Å². The summed E-state index contributed by atoms with van der Waals surface area (Å²) >= 11 is 1.71. The van der Waals surface area contributed by atoms with Gasteiger partial charge in [0.1, 0.15) is 0 Å². The molecule has 0 aromatic carbocycles. The van der Waals surface area contributed by atoms with Gasteiger partial charge >= 0.3 is 6.03 Å². The molecule has 1 aliphatic heterocycles. The molecule has 1 saturated heterocycles. The minimum absolute atomic E-state index is 0.0357. The first-order valence-corrected chi connectivity index (χ1v) is 9.03. The molecule has 1 fully saturated rings. The average molecular weight is 345 g/mol. The maximum Gasteiger partial charge on any atom is 0.321 e. The van der Waals surface area contributed by atoms with Crippen LogP contribution in [-0.2, 0) is 6.54 Å². The number of pyridine rings is 1. The van der Waals surface area contributed by atoms with Gasteiger partial charge in [0, 0.05) is 37.3 Å². The van der Waals surface area contributed by atoms with E-state index in [1.54, 1.807) is 23.7 Å². The van der Waals surface area contributed by atoms with Crippen molar-refractivity contribution in [3.05, 3.63) is 40.6 Å². The average Bonchev–Trinajstić information content (AvgIpc) is 3.18. The van der Waals surface area contributed by atoms with Gasteiger partial charge in [0.2, 0.25) is 0 Å². The molecule has 1 aliphatic rings. The number of carbonyl (C=O) groups excluding carboxylic acids is 1. The lowest BCUT2D eigenvalue weighted by molar-refractivity contribution is 0.217. The van der Waals surface area contributed by atoms with E-state index in [0.717, 1.165) is 44.0 Å². The highest BCUT2D eigenvalue weighted by molar-refractivity contribution is 7.09. The molecule has 6 nitrogen and oxygen atoms in total. The Morgan fingerprint density at radius 3 is 3.12 bits per heavy atom. The number of nitrogens with one attached hydrogen (secondary N) is 1. The molecule has 1 N–H and O–H groups in total. The van der Waals surface area contributed by atoms with Crippen LogP contribution >= 0.6 is 11.3 Å². The first-order valence-electron chi connectivity index (χ1n) is 8.15. The topological polar surface area (TPSA) is 61.4 Å². The molecule has 2 amide bonds. The van der Waals surface area contributed by atoms with Crippen LogP contribution in [0.25, 0.3) is 0 Å². The van der Waals surface area contributed by atoms with E-state index in [-0.39, 0.29) is 6.03 Å². The van der Waals surface area contributed by atoms with Gasteiger partial charge in [-0.15, -0.1) is 11.3 Å². The molecule has 2 aromatic heterocycles. The van der Waals surface area contributed by atoms with Gasteiger partial charge in [0.25, 0.3) is 0 Å². The Kier molecular flexibility index (Phi) is 5.42. The zero-order valence-electron chi connectivity index (χ0n) is 14.1. The predicted octanol–water partition coefficient (Wildman–Crippen LogP) is 2.83. The first kappa shape index (κ1) is 16.9. The largest absolute Gasteiger partial charge is 0.324 e. The smallest absolute Gasteiger partial charge is 0.321 e. The summed E-state index contributed by atoms with van der Waals surface area (Å²) in [7, 11) is 2.14. The molecule has 7 heteroatoms. The van der Waals surface area contributed by atoms with E-state index in [0.29, 0.717) is 5.92 Å². The van der Waals surface area contributed by atoms with Crippen LogP contribution in [0.15, 0.2) is 30.0 Å². The van der Waals surface area contributed by atoms with Crippen molar-refractivity contribution in [3.8, 4) is 0 Å². The fraction of sp³-hybridized carbons (Fsp3) is 0.471. The summed E-state index contributed by atoms with van der Waals surface area (Å²) in [5.74, 6) is 0.517. The van der Waals surface area contributed by atoms with E-state index < -0.39 is 0 Å². The van der Waals surface area contributed by atoms with Gasteiger partial charge in [-0.1, -0.05) is 0 Å². The Labute approximate surface area is 146 Å². The van der Waals surface area contributed by atoms with Crippen molar-refractivity contribution in [2.75, 3.05) is 32.0 Å². The number of aromatic nitrogens is 2. The van der Waals surface area contributed by atoms with Gasteiger partial charge in [-0.3, -0.25) is 4.98 Å². The predicted molar refractivity (Wildman–Crippen MR) is 96.1 cm³/mol. The van der Waals surface area contributed by atoms with Gasteiger partial charge in [-0.25, -0.2) is 9.78 Å². The minimum atomic E-state index is -0.0357. The van der Waals surface area contributed by atoms with Crippen LogP contribution in [0.5, 0.6) is 0 Å². The summed E-state index contributed by atoms with van der Waals surface area (Å²) in [5.41, 5.74) is 3.76. The SMILES string of the molecule is Cc1ncsc1CN(C)C[C@@H]1CCN(C(=O)Nc2cccnc2)C1. The molecule has 0 aliphatic carbocycles. The number of urea groups is 1. The zero-order valence-corrected chi connectivity index (χ0v) is 14.9. The summed E-state index contributed by atoms with van der Waals surface area (Å²) in [5, 5.41) is 2.91. The molecule has 3 heterocycles. The zero-order chi connectivity index (χ0) is 16.9. The fourth-order valence-corrected chi connectivity index (χ4v) is 3.89. The van der Waals surface area contributed by atoms with Crippen molar-refractivity contribution in [2.45, 2.75) is 19.9 Å². The van der Waals surface area contributed by atoms with Crippen molar-refractivity contribution >= 4 is 23.1 Å². The number of aryl methyl sites for hydroxylation is 1. The maximum absolute atomic E-state index is 12.3. The summed E-state index contributed by atoms with van der Waals surface area (Å²) < 4.78 is 0. The van der Waals surface area contributed by atoms with Crippen LogP contribution in [0.4, 0.5) is 10.5 Å². The van der Waals surface area contributed by atoms with Crippen LogP contribution < -0.4 is 5.32 Å². The van der Waals surface area contributed by atoms with Crippen LogP contribution in [0.1, 0.15) is 17.0 Å². The Hall–Kier alpha value is -1.99. The fourth-order valence-electron chi connectivity index (χ4n) is 3.03. The molecule has 0 radical (unpaired) electrons. The van der Waals surface area contributed by atoms with Gasteiger partial charge < -0.3 is 15.1 Å². The third-order valence-corrected chi connectivity index (χ3v) is 5.23. The third kappa shape index (κ3) is 4.30. The summed E-state index contributed by atoms with van der Waals surface area (Å²) in [6.45, 7) is 5.59. The number of rotatable bonds is 5. The van der Waals surface area contributed by atoms with Crippen LogP contribution in [0, 0.1) is 12.8 Å². The lowest BCUT2D eigenvalue weighted by atomic mass is 10.1. The van der Waals surface area contributed by atoms with Crippen molar-refractivity contribution in [3.63, 3.8) is 0 Å². The van der Waals surface area contributed by atoms with Crippen molar-refractivity contribution in [1.29, 1.82) is 0 Å². The number of likely N-dealkylation sites (tertiary alicyclic amines) is 1. The Balaban J connectivity index is 1.46. The molecule has 0 bridgehead atoms. The van der Waals surface area contributed by atoms with E-state index in [1.807, 2.05) is 22.5 Å². The Morgan fingerprint density at radius 1 is 1.54 bits per heavy atom. The monoisotopic (exact) mass is 345 g/mol. The van der Waals surface area contributed by atoms with E-state index in [9.17, 15) is 4.79 Å².